The molecule has 0 saturated heterocycles. The molecule has 14 heteroatoms. The molecule has 2 aromatic rings. The van der Waals surface area contributed by atoms with Gasteiger partial charge in [-0.05, 0) is 48.2 Å². The van der Waals surface area contributed by atoms with Crippen molar-refractivity contribution in [3.05, 3.63) is 59.7 Å². The molecule has 48 heavy (non-hydrogen) atoms. The number of carbonyl (C=O) groups is 2. The minimum Gasteiger partial charge on any atom is -0.491 e. The lowest BCUT2D eigenvalue weighted by Gasteiger charge is -2.15. The molecule has 8 N–H and O–H groups in total. The molecule has 0 spiro atoms. The first-order valence-electron chi connectivity index (χ1n) is 20.6. The van der Waals surface area contributed by atoms with Gasteiger partial charge in [0.25, 0.3) is 0 Å². The first-order chi connectivity index (χ1) is 27.5. The van der Waals surface area contributed by atoms with Crippen molar-refractivity contribution in [3.63, 3.8) is 0 Å². The summed E-state index contributed by atoms with van der Waals surface area (Å²) in [5.41, 5.74) is 2.18. The molecule has 2 unspecified atom stereocenters. The third kappa shape index (κ3) is 23.1. The second-order valence-electron chi connectivity index (χ2n) is 9.95. The van der Waals surface area contributed by atoms with Crippen LogP contribution in [0.1, 0.15) is 55.0 Å². The van der Waals surface area contributed by atoms with Crippen LogP contribution >= 0.6 is 0 Å². The highest BCUT2D eigenvalue weighted by molar-refractivity contribution is 5.83. The number of benzene rings is 2. The Balaban J connectivity index is 0.000000949. The van der Waals surface area contributed by atoms with Gasteiger partial charge in [0.1, 0.15) is 36.9 Å². The molecule has 0 bridgehead atoms. The van der Waals surface area contributed by atoms with Crippen molar-refractivity contribution in [1.82, 2.24) is 10.6 Å². The quantitative estimate of drug-likeness (QED) is 0.0918. The smallest absolute Gasteiger partial charge is 0.335 e. The predicted octanol–water partition coefficient (Wildman–Crippen LogP) is 1.10. The van der Waals surface area contributed by atoms with Gasteiger partial charge >= 0.3 is 11.9 Å². The zero-order chi connectivity index (χ0) is 46.5. The number of aliphatic hydroxyl groups is 4. The van der Waals surface area contributed by atoms with Crippen molar-refractivity contribution >= 4 is 11.9 Å². The molecule has 0 heterocycles. The number of aliphatic hydroxyl groups excluding tert-OH is 4. The first kappa shape index (κ1) is 27.5. The summed E-state index contributed by atoms with van der Waals surface area (Å²) in [6.07, 6.45) is -5.04. The molecule has 274 valence electrons. The fraction of sp³-hybridized carbons (Fsp3) is 0.588. The Morgan fingerprint density at radius 3 is 1.25 bits per heavy atom. The minimum atomic E-state index is -2.69. The third-order valence-corrected chi connectivity index (χ3v) is 5.84. The van der Waals surface area contributed by atoms with Crippen LogP contribution in [0.5, 0.6) is 11.5 Å². The van der Waals surface area contributed by atoms with Gasteiger partial charge in [0.2, 0.25) is 0 Å². The SMILES string of the molecule is O=C(O)[C@H](O)[C@@H](O)C(=O)O.[2H]C([2H])([2H])C(NCC(O)COc1ccc(CCOC)cc1)C([2H])([2H])[2H].[2H]C([2H])([2H])C(NCC(O)COc1ccc(CCOC)cc1)C([2H])([2H])[2H]. The van der Waals surface area contributed by atoms with Crippen LogP contribution in [0, 0.1) is 0 Å². The van der Waals surface area contributed by atoms with Crippen LogP contribution in [-0.4, -0.2) is 133 Å². The fourth-order valence-corrected chi connectivity index (χ4v) is 3.23. The molecular formula is C34H56N2O12. The van der Waals surface area contributed by atoms with E-state index < -0.39 is 75.8 Å². The van der Waals surface area contributed by atoms with Gasteiger partial charge in [0.05, 0.1) is 13.2 Å². The summed E-state index contributed by atoms with van der Waals surface area (Å²) in [5, 5.41) is 57.1. The van der Waals surface area contributed by atoms with Gasteiger partial charge in [-0.1, -0.05) is 51.7 Å². The molecule has 4 atom stereocenters. The van der Waals surface area contributed by atoms with Crippen molar-refractivity contribution in [2.24, 2.45) is 0 Å². The molecule has 0 aliphatic heterocycles. The van der Waals surface area contributed by atoms with Gasteiger partial charge in [-0.25, -0.2) is 9.59 Å². The van der Waals surface area contributed by atoms with E-state index >= 15 is 0 Å². The van der Waals surface area contributed by atoms with Crippen LogP contribution in [0.4, 0.5) is 0 Å². The second-order valence-corrected chi connectivity index (χ2v) is 9.95. The van der Waals surface area contributed by atoms with E-state index in [2.05, 4.69) is 10.6 Å². The Bertz CT molecular complexity index is 1360. The van der Waals surface area contributed by atoms with Crippen LogP contribution in [0.3, 0.4) is 0 Å². The van der Waals surface area contributed by atoms with Gasteiger partial charge < -0.3 is 60.2 Å². The topological polar surface area (TPSA) is 216 Å². The van der Waals surface area contributed by atoms with E-state index in [4.69, 9.17) is 55.8 Å². The van der Waals surface area contributed by atoms with Gasteiger partial charge in [-0.2, -0.15) is 0 Å². The number of methoxy groups -OCH3 is 2. The predicted molar refractivity (Wildman–Crippen MR) is 181 cm³/mol. The molecule has 2 rings (SSSR count). The maximum atomic E-state index is 9.89. The highest BCUT2D eigenvalue weighted by Gasteiger charge is 2.29. The number of rotatable bonds is 21. The molecule has 0 fully saturated rings. The van der Waals surface area contributed by atoms with E-state index in [1.807, 2.05) is 24.3 Å². The summed E-state index contributed by atoms with van der Waals surface area (Å²) in [6.45, 7) is -10.1. The number of hydrogen-bond donors (Lipinski definition) is 8. The summed E-state index contributed by atoms with van der Waals surface area (Å²) in [4.78, 5) is 19.5. The Morgan fingerprint density at radius 1 is 0.646 bits per heavy atom. The molecule has 2 aromatic carbocycles. The summed E-state index contributed by atoms with van der Waals surface area (Å²) < 4.78 is 108. The van der Waals surface area contributed by atoms with E-state index in [1.165, 1.54) is 0 Å². The normalized spacial score (nSPS) is 18.1. The van der Waals surface area contributed by atoms with Crippen LogP contribution in [-0.2, 0) is 31.9 Å². The van der Waals surface area contributed by atoms with Crippen molar-refractivity contribution < 1.29 is 75.6 Å². The summed E-state index contributed by atoms with van der Waals surface area (Å²) >= 11 is 0. The van der Waals surface area contributed by atoms with Crippen LogP contribution in [0.2, 0.25) is 0 Å². The number of ether oxygens (including phenoxy) is 4. The van der Waals surface area contributed by atoms with Crippen molar-refractivity contribution in [1.29, 1.82) is 0 Å². The monoisotopic (exact) mass is 696 g/mol. The maximum Gasteiger partial charge on any atom is 0.335 e. The number of carboxylic acids is 2. The Labute approximate surface area is 300 Å². The number of aliphatic carboxylic acids is 2. The van der Waals surface area contributed by atoms with Crippen LogP contribution < -0.4 is 20.1 Å². The van der Waals surface area contributed by atoms with Crippen LogP contribution in [0.25, 0.3) is 0 Å². The lowest BCUT2D eigenvalue weighted by molar-refractivity contribution is -0.165. The Hall–Kier alpha value is -3.34. The maximum absolute atomic E-state index is 9.89. The van der Waals surface area contributed by atoms with Gasteiger partial charge in [0, 0.05) is 55.8 Å². The van der Waals surface area contributed by atoms with Gasteiger partial charge in [0.15, 0.2) is 12.2 Å². The summed E-state index contributed by atoms with van der Waals surface area (Å²) in [7, 11) is 3.27. The van der Waals surface area contributed by atoms with Gasteiger partial charge in [-0.15, -0.1) is 0 Å². The molecule has 0 radical (unpaired) electrons. The number of carboxylic acid groups (broad SMARTS) is 2. The van der Waals surface area contributed by atoms with E-state index in [9.17, 15) is 19.8 Å². The average Bonchev–Trinajstić information content (AvgIpc) is 3.13. The fourth-order valence-electron chi connectivity index (χ4n) is 3.23. The molecule has 0 aliphatic rings. The van der Waals surface area contributed by atoms with E-state index in [0.717, 1.165) is 24.0 Å². The Morgan fingerprint density at radius 2 is 0.979 bits per heavy atom. The summed E-state index contributed by atoms with van der Waals surface area (Å²) in [6, 6.07) is 11.2. The highest BCUT2D eigenvalue weighted by Crippen LogP contribution is 2.14. The number of hydrogen-bond acceptors (Lipinski definition) is 12. The van der Waals surface area contributed by atoms with Crippen molar-refractivity contribution in [3.8, 4) is 11.5 Å². The molecule has 0 aliphatic carbocycles. The molecule has 0 saturated carbocycles. The molecule has 0 aromatic heterocycles. The van der Waals surface area contributed by atoms with E-state index in [-0.39, 0.29) is 26.3 Å². The van der Waals surface area contributed by atoms with Crippen molar-refractivity contribution in [2.45, 2.75) is 76.7 Å². The first-order valence-corrected chi connectivity index (χ1v) is 14.6. The molecular weight excluding hydrogens is 628 g/mol. The van der Waals surface area contributed by atoms with E-state index in [1.54, 1.807) is 38.5 Å². The minimum absolute atomic E-state index is 0.0842. The van der Waals surface area contributed by atoms with Crippen LogP contribution in [0.15, 0.2) is 48.5 Å². The van der Waals surface area contributed by atoms with Gasteiger partial charge in [-0.3, -0.25) is 0 Å². The highest BCUT2D eigenvalue weighted by atomic mass is 16.5. The molecule has 0 amide bonds. The average molecular weight is 697 g/mol. The second kappa shape index (κ2) is 26.6. The Kier molecular flexibility index (Phi) is 15.2. The standard InChI is InChI=1S/2C15H25NO3.C4H6O6/c2*1-12(2)16-10-14(17)11-19-15-6-4-13(5-7-15)8-9-18-3;5-1(3(7)8)2(6)4(9)10/h2*4-7,12,14,16-17H,8-11H2,1-3H3;1-2,5-6H,(H,7,8)(H,9,10)/t;;1-,2-/m..1/s1/i2*1D3,2D3;. The van der Waals surface area contributed by atoms with E-state index in [0.29, 0.717) is 24.7 Å². The third-order valence-electron chi connectivity index (χ3n) is 5.84. The largest absolute Gasteiger partial charge is 0.491 e. The lowest BCUT2D eigenvalue weighted by atomic mass is 10.1. The van der Waals surface area contributed by atoms with Crippen molar-refractivity contribution in [2.75, 3.05) is 53.7 Å². The zero-order valence-corrected chi connectivity index (χ0v) is 26.9. The number of nitrogens with one attached hydrogen (secondary N) is 2. The molecule has 14 nitrogen and oxygen atoms in total. The lowest BCUT2D eigenvalue weighted by Crippen LogP contribution is -2.39. The zero-order valence-electron chi connectivity index (χ0n) is 38.9. The summed E-state index contributed by atoms with van der Waals surface area (Å²) in [5.74, 6) is -2.42.